The zero-order chi connectivity index (χ0) is 74.4. The van der Waals surface area contributed by atoms with Crippen molar-refractivity contribution in [3.05, 3.63) is 24.3 Å². The number of ether oxygens (including phenoxy) is 4. The molecule has 0 aromatic rings. The summed E-state index contributed by atoms with van der Waals surface area (Å²) >= 11 is 0. The quantitative estimate of drug-likeness (QED) is 0.0169. The molecule has 0 aliphatic carbocycles. The fraction of sp³-hybridized carbons (Fsp3) is 0.902. The summed E-state index contributed by atoms with van der Waals surface area (Å²) in [6.07, 6.45) is 63.2. The Balaban J connectivity index is 5.30. The van der Waals surface area contributed by atoms with Crippen molar-refractivity contribution in [3.8, 4) is 0 Å². The number of allylic oxidation sites excluding steroid dienone is 4. The van der Waals surface area contributed by atoms with Gasteiger partial charge in [-0.3, -0.25) is 37.3 Å². The van der Waals surface area contributed by atoms with E-state index in [9.17, 15) is 43.2 Å². The van der Waals surface area contributed by atoms with Crippen molar-refractivity contribution < 1.29 is 80.2 Å². The molecule has 0 amide bonds. The van der Waals surface area contributed by atoms with Crippen LogP contribution in [-0.2, 0) is 65.4 Å². The summed E-state index contributed by atoms with van der Waals surface area (Å²) < 4.78 is 68.7. The Morgan fingerprint density at radius 2 is 0.535 bits per heavy atom. The van der Waals surface area contributed by atoms with E-state index in [-0.39, 0.29) is 25.7 Å². The summed E-state index contributed by atoms with van der Waals surface area (Å²) in [5.74, 6) is 0.193. The third kappa shape index (κ3) is 75.6. The maximum atomic E-state index is 13.1. The molecule has 0 saturated carbocycles. The van der Waals surface area contributed by atoms with Gasteiger partial charge in [0.15, 0.2) is 12.2 Å². The highest BCUT2D eigenvalue weighted by molar-refractivity contribution is 7.47. The van der Waals surface area contributed by atoms with E-state index in [1.54, 1.807) is 0 Å². The monoisotopic (exact) mass is 1480 g/mol. The first-order valence-electron chi connectivity index (χ1n) is 41.7. The van der Waals surface area contributed by atoms with Crippen LogP contribution < -0.4 is 0 Å². The van der Waals surface area contributed by atoms with Crippen molar-refractivity contribution >= 4 is 39.5 Å². The maximum Gasteiger partial charge on any atom is 0.472 e. The van der Waals surface area contributed by atoms with Crippen molar-refractivity contribution in [2.24, 2.45) is 17.8 Å². The Hall–Kier alpha value is -2.46. The van der Waals surface area contributed by atoms with E-state index in [0.717, 1.165) is 120 Å². The van der Waals surface area contributed by atoms with Crippen LogP contribution in [0.15, 0.2) is 24.3 Å². The van der Waals surface area contributed by atoms with Gasteiger partial charge in [0.1, 0.15) is 19.3 Å². The molecule has 19 heteroatoms. The number of carbonyl (C=O) groups excluding carboxylic acids is 4. The van der Waals surface area contributed by atoms with Gasteiger partial charge in [-0.2, -0.15) is 0 Å². The Bertz CT molecular complexity index is 2050. The molecule has 3 N–H and O–H groups in total. The van der Waals surface area contributed by atoms with Gasteiger partial charge < -0.3 is 33.8 Å². The van der Waals surface area contributed by atoms with Crippen molar-refractivity contribution in [3.63, 3.8) is 0 Å². The summed E-state index contributed by atoms with van der Waals surface area (Å²) in [7, 11) is -9.94. The lowest BCUT2D eigenvalue weighted by molar-refractivity contribution is -0.161. The van der Waals surface area contributed by atoms with Gasteiger partial charge in [0.25, 0.3) is 0 Å². The largest absolute Gasteiger partial charge is 0.472 e. The second kappa shape index (κ2) is 71.8. The van der Waals surface area contributed by atoms with Crippen molar-refractivity contribution in [2.45, 2.75) is 420 Å². The standard InChI is InChI=1S/C82H156O17P2/c1-8-9-10-11-12-13-14-15-17-23-29-36-44-51-58-65-81(86)99-78(70-93-80(85)64-57-50-43-38-31-34-41-48-55-62-75(6)7)72-97-101(90,91)95-68-76(83)67-94-100(88,89)96-71-77(69-92-79(84)63-56-49-42-35-28-25-20-22-27-33-40-47-54-61-74(4)5)98-82(87)66-59-52-45-37-30-24-19-16-18-21-26-32-39-46-53-60-73(2)3/h13-15,17,73-78,83H,8-12,16,18-72H2,1-7H3,(H,88,89)(H,90,91)/b14-13-,17-15-/t76-,77-,78-/m1/s1. The Morgan fingerprint density at radius 3 is 0.802 bits per heavy atom. The highest BCUT2D eigenvalue weighted by Gasteiger charge is 2.30. The molecular weight excluding hydrogens is 1320 g/mol. The molecule has 17 nitrogen and oxygen atoms in total. The predicted molar refractivity (Wildman–Crippen MR) is 414 cm³/mol. The van der Waals surface area contributed by atoms with Gasteiger partial charge >= 0.3 is 39.5 Å². The summed E-state index contributed by atoms with van der Waals surface area (Å²) in [5, 5.41) is 10.6. The topological polar surface area (TPSA) is 237 Å². The number of aliphatic hydroxyl groups is 1. The van der Waals surface area contributed by atoms with Crippen molar-refractivity contribution in [1.82, 2.24) is 0 Å². The summed E-state index contributed by atoms with van der Waals surface area (Å²) in [6, 6.07) is 0. The van der Waals surface area contributed by atoms with Crippen LogP contribution in [-0.4, -0.2) is 96.7 Å². The van der Waals surface area contributed by atoms with Crippen molar-refractivity contribution in [1.29, 1.82) is 0 Å². The number of esters is 4. The van der Waals surface area contributed by atoms with Crippen LogP contribution in [0.4, 0.5) is 0 Å². The molecular formula is C82H156O17P2. The van der Waals surface area contributed by atoms with Gasteiger partial charge in [-0.05, 0) is 69.1 Å². The summed E-state index contributed by atoms with van der Waals surface area (Å²) in [4.78, 5) is 73.1. The molecule has 0 aliphatic rings. The van der Waals surface area contributed by atoms with Crippen LogP contribution in [0.25, 0.3) is 0 Å². The second-order valence-corrected chi connectivity index (χ2v) is 33.2. The van der Waals surface area contributed by atoms with Crippen LogP contribution in [0, 0.1) is 17.8 Å². The van der Waals surface area contributed by atoms with E-state index in [1.165, 1.54) is 199 Å². The molecule has 0 aliphatic heterocycles. The maximum absolute atomic E-state index is 13.1. The molecule has 0 saturated heterocycles. The molecule has 0 aromatic carbocycles. The van der Waals surface area contributed by atoms with Gasteiger partial charge in [0, 0.05) is 25.7 Å². The summed E-state index contributed by atoms with van der Waals surface area (Å²) in [6.45, 7) is 11.9. The highest BCUT2D eigenvalue weighted by atomic mass is 31.2. The van der Waals surface area contributed by atoms with Crippen LogP contribution in [0.2, 0.25) is 0 Å². The number of hydrogen-bond acceptors (Lipinski definition) is 15. The predicted octanol–water partition coefficient (Wildman–Crippen LogP) is 24.1. The molecule has 0 bridgehead atoms. The fourth-order valence-electron chi connectivity index (χ4n) is 12.1. The Kier molecular flexibility index (Phi) is 70.0. The highest BCUT2D eigenvalue weighted by Crippen LogP contribution is 2.45. The Morgan fingerprint density at radius 1 is 0.307 bits per heavy atom. The van der Waals surface area contributed by atoms with Crippen LogP contribution >= 0.6 is 15.6 Å². The van der Waals surface area contributed by atoms with E-state index in [2.05, 4.69) is 72.8 Å². The lowest BCUT2D eigenvalue weighted by atomic mass is 10.0. The lowest BCUT2D eigenvalue weighted by Crippen LogP contribution is -2.30. The fourth-order valence-corrected chi connectivity index (χ4v) is 13.7. The van der Waals surface area contributed by atoms with Gasteiger partial charge in [0.2, 0.25) is 0 Å². The zero-order valence-electron chi connectivity index (χ0n) is 65.9. The first-order valence-corrected chi connectivity index (χ1v) is 44.7. The van der Waals surface area contributed by atoms with Crippen molar-refractivity contribution in [2.75, 3.05) is 39.6 Å². The lowest BCUT2D eigenvalue weighted by Gasteiger charge is -2.21. The van der Waals surface area contributed by atoms with Crippen LogP contribution in [0.1, 0.15) is 402 Å². The van der Waals surface area contributed by atoms with E-state index in [0.29, 0.717) is 25.7 Å². The molecule has 2 unspecified atom stereocenters. The summed E-state index contributed by atoms with van der Waals surface area (Å²) in [5.41, 5.74) is 0. The van der Waals surface area contributed by atoms with E-state index < -0.39 is 97.5 Å². The minimum atomic E-state index is -4.97. The number of phosphoric ester groups is 2. The smallest absolute Gasteiger partial charge is 0.462 e. The molecule has 101 heavy (non-hydrogen) atoms. The number of hydrogen-bond donors (Lipinski definition) is 3. The number of carbonyl (C=O) groups is 4. The molecule has 0 rings (SSSR count). The minimum absolute atomic E-state index is 0.0846. The van der Waals surface area contributed by atoms with E-state index >= 15 is 0 Å². The SMILES string of the molecule is CCCCCC/C=C\C=C/CCCCCCCC(=O)O[C@H](COC(=O)CCCCCCCCCCCC(C)C)COP(=O)(O)OC[C@H](O)COP(=O)(O)OC[C@@H](COC(=O)CCCCCCCCCCCCCCCC(C)C)OC(=O)CCCCCCCCCCCCCCCCCC(C)C. The number of unbranched alkanes of at least 4 members (excludes halogenated alkanes) is 43. The van der Waals surface area contributed by atoms with E-state index in [4.69, 9.17) is 37.0 Å². The third-order valence-electron chi connectivity index (χ3n) is 18.5. The molecule has 0 spiro atoms. The molecule has 596 valence electrons. The van der Waals surface area contributed by atoms with Gasteiger partial charge in [0.05, 0.1) is 26.4 Å². The Labute approximate surface area is 618 Å². The minimum Gasteiger partial charge on any atom is -0.462 e. The number of phosphoric acid groups is 2. The molecule has 0 aromatic heterocycles. The number of rotatable bonds is 78. The van der Waals surface area contributed by atoms with Gasteiger partial charge in [-0.15, -0.1) is 0 Å². The van der Waals surface area contributed by atoms with Crippen LogP contribution in [0.3, 0.4) is 0 Å². The normalized spacial score (nSPS) is 14.1. The zero-order valence-corrected chi connectivity index (χ0v) is 67.6. The van der Waals surface area contributed by atoms with Gasteiger partial charge in [-0.25, -0.2) is 9.13 Å². The first-order chi connectivity index (χ1) is 48.7. The first kappa shape index (κ1) is 98.5. The number of aliphatic hydroxyl groups excluding tert-OH is 1. The average molecular weight is 1480 g/mol. The second-order valence-electron chi connectivity index (χ2n) is 30.3. The molecule has 0 radical (unpaired) electrons. The average Bonchev–Trinajstić information content (AvgIpc) is 0.967. The molecule has 0 fully saturated rings. The van der Waals surface area contributed by atoms with E-state index in [1.807, 2.05) is 0 Å². The van der Waals surface area contributed by atoms with Gasteiger partial charge in [-0.1, -0.05) is 349 Å². The molecule has 5 atom stereocenters. The third-order valence-corrected chi connectivity index (χ3v) is 20.4. The molecule has 0 heterocycles. The van der Waals surface area contributed by atoms with Crippen LogP contribution in [0.5, 0.6) is 0 Å².